The van der Waals surface area contributed by atoms with E-state index in [1.807, 2.05) is 18.0 Å². The second kappa shape index (κ2) is 9.01. The predicted molar refractivity (Wildman–Crippen MR) is 92.0 cm³/mol. The summed E-state index contributed by atoms with van der Waals surface area (Å²) in [5.41, 5.74) is 6.95. The first-order valence-corrected chi connectivity index (χ1v) is 8.38. The van der Waals surface area contributed by atoms with Crippen molar-refractivity contribution < 1.29 is 9.53 Å². The van der Waals surface area contributed by atoms with E-state index < -0.39 is 0 Å². The van der Waals surface area contributed by atoms with E-state index >= 15 is 0 Å². The Bertz CT molecular complexity index is 468. The van der Waals surface area contributed by atoms with E-state index in [2.05, 4.69) is 29.2 Å². The normalized spacial score (nSPS) is 17.9. The number of amides is 1. The first-order chi connectivity index (χ1) is 11.1. The highest BCUT2D eigenvalue weighted by atomic mass is 16.5. The molecule has 1 aliphatic rings. The monoisotopic (exact) mass is 319 g/mol. The van der Waals surface area contributed by atoms with Crippen LogP contribution in [0.15, 0.2) is 30.3 Å². The molecule has 1 atom stereocenters. The minimum Gasteiger partial charge on any atom is -0.380 e. The summed E-state index contributed by atoms with van der Waals surface area (Å²) in [5.74, 6) is 0.129. The first-order valence-electron chi connectivity index (χ1n) is 8.38. The van der Waals surface area contributed by atoms with Crippen LogP contribution in [0.2, 0.25) is 0 Å². The van der Waals surface area contributed by atoms with E-state index in [1.54, 1.807) is 7.11 Å². The van der Waals surface area contributed by atoms with Gasteiger partial charge in [0.15, 0.2) is 0 Å². The summed E-state index contributed by atoms with van der Waals surface area (Å²) in [4.78, 5) is 16.7. The molecule has 0 aliphatic carbocycles. The van der Waals surface area contributed by atoms with Crippen molar-refractivity contribution in [3.8, 4) is 0 Å². The van der Waals surface area contributed by atoms with Crippen molar-refractivity contribution in [1.82, 2.24) is 9.80 Å². The number of likely N-dealkylation sites (tertiary alicyclic amines) is 1. The molecule has 0 spiro atoms. The Labute approximate surface area is 139 Å². The van der Waals surface area contributed by atoms with Crippen LogP contribution in [-0.2, 0) is 16.1 Å². The zero-order chi connectivity index (χ0) is 16.7. The highest BCUT2D eigenvalue weighted by Gasteiger charge is 2.26. The van der Waals surface area contributed by atoms with Gasteiger partial charge in [0.1, 0.15) is 0 Å². The molecule has 1 aliphatic heterocycles. The fraction of sp³-hybridized carbons (Fsp3) is 0.611. The Morgan fingerprint density at radius 2 is 2.00 bits per heavy atom. The third-order valence-corrected chi connectivity index (χ3v) is 4.75. The number of methoxy groups -OCH3 is 1. The molecule has 1 amide bonds. The minimum absolute atomic E-state index is 0.129. The lowest BCUT2D eigenvalue weighted by Crippen LogP contribution is -2.46. The molecule has 0 radical (unpaired) electrons. The van der Waals surface area contributed by atoms with Crippen LogP contribution in [0.3, 0.4) is 0 Å². The number of rotatable bonds is 7. The van der Waals surface area contributed by atoms with Gasteiger partial charge in [-0.2, -0.15) is 0 Å². The minimum atomic E-state index is -0.178. The van der Waals surface area contributed by atoms with Crippen molar-refractivity contribution in [2.45, 2.75) is 38.0 Å². The van der Waals surface area contributed by atoms with Gasteiger partial charge in [0.2, 0.25) is 5.91 Å². The number of hydrogen-bond donors (Lipinski definition) is 1. The molecule has 1 fully saturated rings. The van der Waals surface area contributed by atoms with E-state index in [4.69, 9.17) is 10.5 Å². The van der Waals surface area contributed by atoms with Gasteiger partial charge in [0.05, 0.1) is 12.5 Å². The lowest BCUT2D eigenvalue weighted by Gasteiger charge is -2.37. The number of ether oxygens (including phenoxy) is 1. The maximum absolute atomic E-state index is 12.3. The molecule has 128 valence electrons. The predicted octanol–water partition coefficient (Wildman–Crippen LogP) is 1.47. The molecular formula is C18H29N3O2. The smallest absolute Gasteiger partial charge is 0.225 e. The molecule has 23 heavy (non-hydrogen) atoms. The molecule has 1 saturated heterocycles. The van der Waals surface area contributed by atoms with Crippen LogP contribution in [0.4, 0.5) is 0 Å². The third kappa shape index (κ3) is 5.30. The van der Waals surface area contributed by atoms with E-state index in [-0.39, 0.29) is 12.0 Å². The van der Waals surface area contributed by atoms with Gasteiger partial charge in [-0.3, -0.25) is 9.69 Å². The topological polar surface area (TPSA) is 58.8 Å². The van der Waals surface area contributed by atoms with Crippen LogP contribution in [0.1, 0.15) is 24.8 Å². The van der Waals surface area contributed by atoms with E-state index in [1.165, 1.54) is 5.56 Å². The van der Waals surface area contributed by atoms with Crippen molar-refractivity contribution in [2.75, 3.05) is 33.8 Å². The Balaban J connectivity index is 1.78. The fourth-order valence-corrected chi connectivity index (χ4v) is 3.11. The molecule has 0 saturated carbocycles. The van der Waals surface area contributed by atoms with Gasteiger partial charge in [-0.1, -0.05) is 30.3 Å². The number of carbonyl (C=O) groups excluding carboxylic acids is 1. The van der Waals surface area contributed by atoms with Crippen LogP contribution >= 0.6 is 0 Å². The van der Waals surface area contributed by atoms with Gasteiger partial charge in [0.25, 0.3) is 0 Å². The fourth-order valence-electron chi connectivity index (χ4n) is 3.11. The summed E-state index contributed by atoms with van der Waals surface area (Å²) in [6.07, 6.45) is 2.24. The average Bonchev–Trinajstić information content (AvgIpc) is 2.60. The SMILES string of the molecule is COC(CN)CC(=O)N(C)C1CCN(Cc2ccccc2)CC1. The highest BCUT2D eigenvalue weighted by molar-refractivity contribution is 5.76. The number of hydrogen-bond acceptors (Lipinski definition) is 4. The van der Waals surface area contributed by atoms with Crippen molar-refractivity contribution >= 4 is 5.91 Å². The van der Waals surface area contributed by atoms with Crippen molar-refractivity contribution in [3.05, 3.63) is 35.9 Å². The number of nitrogens with two attached hydrogens (primary N) is 1. The van der Waals surface area contributed by atoms with E-state index in [0.29, 0.717) is 19.0 Å². The molecule has 1 aromatic carbocycles. The molecule has 0 bridgehead atoms. The molecule has 2 rings (SSSR count). The molecule has 0 aromatic heterocycles. The Kier molecular flexibility index (Phi) is 7.02. The molecular weight excluding hydrogens is 290 g/mol. The van der Waals surface area contributed by atoms with Gasteiger partial charge >= 0.3 is 0 Å². The Hall–Kier alpha value is -1.43. The zero-order valence-electron chi connectivity index (χ0n) is 14.3. The molecule has 1 aromatic rings. The van der Waals surface area contributed by atoms with E-state index in [0.717, 1.165) is 32.5 Å². The summed E-state index contributed by atoms with van der Waals surface area (Å²) in [6, 6.07) is 10.9. The van der Waals surface area contributed by atoms with Crippen LogP contribution in [0.5, 0.6) is 0 Å². The van der Waals surface area contributed by atoms with Gasteiger partial charge in [-0.05, 0) is 18.4 Å². The number of carbonyl (C=O) groups is 1. The largest absolute Gasteiger partial charge is 0.380 e. The van der Waals surface area contributed by atoms with Crippen molar-refractivity contribution in [3.63, 3.8) is 0 Å². The van der Waals surface area contributed by atoms with Crippen molar-refractivity contribution in [2.24, 2.45) is 5.73 Å². The molecule has 2 N–H and O–H groups in total. The summed E-state index contributed by atoms with van der Waals surface area (Å²) < 4.78 is 5.21. The lowest BCUT2D eigenvalue weighted by atomic mass is 10.0. The Morgan fingerprint density at radius 1 is 1.35 bits per heavy atom. The van der Waals surface area contributed by atoms with Gasteiger partial charge in [-0.25, -0.2) is 0 Å². The lowest BCUT2D eigenvalue weighted by molar-refractivity contribution is -0.135. The van der Waals surface area contributed by atoms with E-state index in [9.17, 15) is 4.79 Å². The van der Waals surface area contributed by atoms with Gasteiger partial charge < -0.3 is 15.4 Å². The maximum Gasteiger partial charge on any atom is 0.225 e. The number of piperidine rings is 1. The van der Waals surface area contributed by atoms with Crippen LogP contribution in [0, 0.1) is 0 Å². The van der Waals surface area contributed by atoms with Gasteiger partial charge in [0, 0.05) is 46.4 Å². The van der Waals surface area contributed by atoms with Gasteiger partial charge in [-0.15, -0.1) is 0 Å². The summed E-state index contributed by atoms with van der Waals surface area (Å²) >= 11 is 0. The number of benzene rings is 1. The quantitative estimate of drug-likeness (QED) is 0.827. The first kappa shape index (κ1) is 17.9. The number of nitrogens with zero attached hydrogens (tertiary/aromatic N) is 2. The molecule has 1 unspecified atom stereocenters. The summed E-state index contributed by atoms with van der Waals surface area (Å²) in [7, 11) is 3.51. The Morgan fingerprint density at radius 3 is 2.57 bits per heavy atom. The molecule has 5 heteroatoms. The van der Waals surface area contributed by atoms with Crippen LogP contribution in [0.25, 0.3) is 0 Å². The standard InChI is InChI=1S/C18H29N3O2/c1-20(18(22)12-17(13-19)23-2)16-8-10-21(11-9-16)14-15-6-4-3-5-7-15/h3-7,16-17H,8-14,19H2,1-2H3. The van der Waals surface area contributed by atoms with Crippen LogP contribution in [-0.4, -0.2) is 61.6 Å². The molecule has 5 nitrogen and oxygen atoms in total. The zero-order valence-corrected chi connectivity index (χ0v) is 14.3. The average molecular weight is 319 g/mol. The highest BCUT2D eigenvalue weighted by Crippen LogP contribution is 2.18. The summed E-state index contributed by atoms with van der Waals surface area (Å²) in [6.45, 7) is 3.43. The summed E-state index contributed by atoms with van der Waals surface area (Å²) in [5, 5.41) is 0. The maximum atomic E-state index is 12.3. The molecule has 1 heterocycles. The third-order valence-electron chi connectivity index (χ3n) is 4.75. The van der Waals surface area contributed by atoms with Crippen molar-refractivity contribution in [1.29, 1.82) is 0 Å². The second-order valence-corrected chi connectivity index (χ2v) is 6.30. The van der Waals surface area contributed by atoms with Crippen LogP contribution < -0.4 is 5.73 Å². The second-order valence-electron chi connectivity index (χ2n) is 6.30.